The van der Waals surface area contributed by atoms with Gasteiger partial charge in [-0.15, -0.1) is 0 Å². The van der Waals surface area contributed by atoms with Gasteiger partial charge in [0.15, 0.2) is 0 Å². The van der Waals surface area contributed by atoms with Crippen LogP contribution in [0, 0.1) is 25.2 Å². The molecule has 1 heteroatoms. The average molecular weight is 488 g/mol. The van der Waals surface area contributed by atoms with Crippen molar-refractivity contribution in [3.05, 3.63) is 164 Å². The minimum absolute atomic E-state index is 0.361. The molecule has 182 valence electrons. The maximum absolute atomic E-state index is 9.78. The summed E-state index contributed by atoms with van der Waals surface area (Å²) in [4.78, 5) is 0. The first-order chi connectivity index (χ1) is 18.6. The van der Waals surface area contributed by atoms with Crippen molar-refractivity contribution in [3.63, 3.8) is 0 Å². The molecule has 0 bridgehead atoms. The molecule has 0 fully saturated rings. The van der Waals surface area contributed by atoms with Crippen LogP contribution < -0.4 is 0 Å². The normalized spacial score (nSPS) is 13.8. The summed E-state index contributed by atoms with van der Waals surface area (Å²) in [5.41, 5.74) is 16.7. The van der Waals surface area contributed by atoms with E-state index < -0.39 is 0 Å². The van der Waals surface area contributed by atoms with Gasteiger partial charge < -0.3 is 0 Å². The Hall–Kier alpha value is -4.41. The Morgan fingerprint density at radius 1 is 0.632 bits per heavy atom. The third kappa shape index (κ3) is 3.24. The Bertz CT molecular complexity index is 1720. The summed E-state index contributed by atoms with van der Waals surface area (Å²) in [6.45, 7) is 4.33. The van der Waals surface area contributed by atoms with Crippen molar-refractivity contribution in [2.45, 2.75) is 38.5 Å². The van der Waals surface area contributed by atoms with Crippen LogP contribution in [0.2, 0.25) is 0 Å². The summed E-state index contributed by atoms with van der Waals surface area (Å²) < 4.78 is 0. The summed E-state index contributed by atoms with van der Waals surface area (Å²) in [7, 11) is 0. The minimum atomic E-state index is -0.361. The van der Waals surface area contributed by atoms with Crippen molar-refractivity contribution in [2.24, 2.45) is 0 Å². The molecule has 0 aliphatic heterocycles. The van der Waals surface area contributed by atoms with Crippen molar-refractivity contribution in [2.75, 3.05) is 0 Å². The lowest BCUT2D eigenvalue weighted by molar-refractivity contribution is 0.718. The highest BCUT2D eigenvalue weighted by Crippen LogP contribution is 2.59. The van der Waals surface area contributed by atoms with Gasteiger partial charge in [0.2, 0.25) is 0 Å². The van der Waals surface area contributed by atoms with E-state index in [1.807, 2.05) is 0 Å². The van der Waals surface area contributed by atoms with Crippen molar-refractivity contribution in [1.29, 1.82) is 5.26 Å². The lowest BCUT2D eigenvalue weighted by Gasteiger charge is -2.41. The molecule has 38 heavy (non-hydrogen) atoms. The second kappa shape index (κ2) is 8.57. The molecule has 1 spiro atoms. The largest absolute Gasteiger partial charge is 0.198 e. The maximum Gasteiger partial charge on any atom is 0.0719 e. The maximum atomic E-state index is 9.78. The van der Waals surface area contributed by atoms with Crippen LogP contribution in [0.4, 0.5) is 0 Å². The van der Waals surface area contributed by atoms with Gasteiger partial charge in [-0.1, -0.05) is 114 Å². The lowest BCUT2D eigenvalue weighted by atomic mass is 9.61. The minimum Gasteiger partial charge on any atom is -0.198 e. The second-order valence-electron chi connectivity index (χ2n) is 11.0. The number of hydrogen-bond donors (Lipinski definition) is 0. The molecule has 0 N–H and O–H groups in total. The third-order valence-electron chi connectivity index (χ3n) is 8.53. The van der Waals surface area contributed by atoms with Crippen LogP contribution in [-0.4, -0.2) is 0 Å². The molecule has 2 aliphatic rings. The highest BCUT2D eigenvalue weighted by molar-refractivity contribution is 5.87. The number of fused-ring (bicyclic) bond motifs is 9. The number of nitriles is 1. The Kier molecular flexibility index (Phi) is 5.14. The fourth-order valence-electron chi connectivity index (χ4n) is 7.25. The summed E-state index contributed by atoms with van der Waals surface area (Å²) >= 11 is 0. The van der Waals surface area contributed by atoms with Crippen molar-refractivity contribution in [3.8, 4) is 17.2 Å². The van der Waals surface area contributed by atoms with Crippen LogP contribution in [0.15, 0.2) is 103 Å². The zero-order valence-corrected chi connectivity index (χ0v) is 21.9. The van der Waals surface area contributed by atoms with Gasteiger partial charge in [-0.05, 0) is 87.9 Å². The highest BCUT2D eigenvalue weighted by Gasteiger charge is 2.49. The molecule has 0 radical (unpaired) electrons. The van der Waals surface area contributed by atoms with Crippen LogP contribution in [0.3, 0.4) is 0 Å². The van der Waals surface area contributed by atoms with Gasteiger partial charge in [0.25, 0.3) is 0 Å². The number of rotatable bonds is 3. The third-order valence-corrected chi connectivity index (χ3v) is 8.53. The van der Waals surface area contributed by atoms with Gasteiger partial charge in [0.05, 0.1) is 17.9 Å². The average Bonchev–Trinajstić information content (AvgIpc) is 3.20. The quantitative estimate of drug-likeness (QED) is 0.246. The van der Waals surface area contributed by atoms with E-state index in [1.165, 1.54) is 66.8 Å². The molecule has 5 aromatic carbocycles. The summed E-state index contributed by atoms with van der Waals surface area (Å²) in [5.74, 6) is 0. The van der Waals surface area contributed by atoms with Gasteiger partial charge in [0.1, 0.15) is 0 Å². The molecule has 0 heterocycles. The van der Waals surface area contributed by atoms with E-state index in [4.69, 9.17) is 0 Å². The van der Waals surface area contributed by atoms with Crippen LogP contribution in [0.25, 0.3) is 11.1 Å². The number of benzene rings is 5. The second-order valence-corrected chi connectivity index (χ2v) is 11.0. The highest BCUT2D eigenvalue weighted by atomic mass is 14.5. The molecule has 2 aliphatic carbocycles. The lowest BCUT2D eigenvalue weighted by Crippen LogP contribution is -2.34. The fourth-order valence-corrected chi connectivity index (χ4v) is 7.25. The molecule has 1 nitrogen and oxygen atoms in total. The van der Waals surface area contributed by atoms with E-state index in [0.29, 0.717) is 6.42 Å². The van der Waals surface area contributed by atoms with Crippen LogP contribution >= 0.6 is 0 Å². The molecule has 0 aromatic heterocycles. The standard InChI is InChI=1S/C37H29N/c1-24-17-25(2)19-26(18-24)20-29-23-36-30(21-27(29)15-16-38)22-28-9-3-6-12-33(28)37(36)34-13-7-4-10-31(34)32-11-5-8-14-35(32)37/h3-14,17-19,21,23H,15,20,22H2,1-2H3. The number of nitrogens with zero attached hydrogens (tertiary/aromatic N) is 1. The van der Waals surface area contributed by atoms with Gasteiger partial charge >= 0.3 is 0 Å². The van der Waals surface area contributed by atoms with Crippen molar-refractivity contribution >= 4 is 0 Å². The zero-order valence-electron chi connectivity index (χ0n) is 21.9. The molecular weight excluding hydrogens is 458 g/mol. The van der Waals surface area contributed by atoms with Gasteiger partial charge in [0, 0.05) is 0 Å². The molecular formula is C37H29N. The molecule has 5 aromatic rings. The predicted octanol–water partition coefficient (Wildman–Crippen LogP) is 8.23. The summed E-state index contributed by atoms with van der Waals surface area (Å²) in [6.07, 6.45) is 2.14. The Morgan fingerprint density at radius 2 is 1.24 bits per heavy atom. The monoisotopic (exact) mass is 487 g/mol. The topological polar surface area (TPSA) is 23.8 Å². The zero-order chi connectivity index (χ0) is 25.9. The Morgan fingerprint density at radius 3 is 1.89 bits per heavy atom. The van der Waals surface area contributed by atoms with Crippen LogP contribution in [-0.2, 0) is 24.7 Å². The molecule has 0 saturated carbocycles. The number of hydrogen-bond acceptors (Lipinski definition) is 1. The van der Waals surface area contributed by atoms with E-state index in [1.54, 1.807) is 0 Å². The number of aryl methyl sites for hydroxylation is 2. The van der Waals surface area contributed by atoms with Gasteiger partial charge in [-0.3, -0.25) is 0 Å². The van der Waals surface area contributed by atoms with Crippen LogP contribution in [0.1, 0.15) is 61.2 Å². The van der Waals surface area contributed by atoms with Gasteiger partial charge in [-0.25, -0.2) is 0 Å². The SMILES string of the molecule is Cc1cc(C)cc(Cc2cc3c(cc2CC#N)Cc2ccccc2C32c3ccccc3-c3ccccc32)c1. The molecule has 0 unspecified atom stereocenters. The first-order valence-electron chi connectivity index (χ1n) is 13.5. The first-order valence-corrected chi connectivity index (χ1v) is 13.5. The van der Waals surface area contributed by atoms with E-state index in [0.717, 1.165) is 18.4 Å². The fraction of sp³-hybridized carbons (Fsp3) is 0.162. The van der Waals surface area contributed by atoms with E-state index >= 15 is 0 Å². The Balaban J connectivity index is 1.55. The molecule has 0 atom stereocenters. The summed E-state index contributed by atoms with van der Waals surface area (Å²) in [6, 6.07) is 40.9. The predicted molar refractivity (Wildman–Crippen MR) is 155 cm³/mol. The first kappa shape index (κ1) is 22.8. The van der Waals surface area contributed by atoms with Crippen molar-refractivity contribution < 1.29 is 0 Å². The van der Waals surface area contributed by atoms with E-state index in [9.17, 15) is 5.26 Å². The molecule has 0 amide bonds. The molecule has 7 rings (SSSR count). The summed E-state index contributed by atoms with van der Waals surface area (Å²) in [5, 5.41) is 9.78. The molecule has 0 saturated heterocycles. The van der Waals surface area contributed by atoms with E-state index in [-0.39, 0.29) is 5.41 Å². The van der Waals surface area contributed by atoms with E-state index in [2.05, 4.69) is 123 Å². The van der Waals surface area contributed by atoms with Crippen molar-refractivity contribution in [1.82, 2.24) is 0 Å². The smallest absolute Gasteiger partial charge is 0.0719 e. The van der Waals surface area contributed by atoms with Gasteiger partial charge in [-0.2, -0.15) is 5.26 Å². The Labute approximate surface area is 225 Å². The van der Waals surface area contributed by atoms with Crippen LogP contribution in [0.5, 0.6) is 0 Å².